The molecule has 3 amide bonds. The van der Waals surface area contributed by atoms with Gasteiger partial charge in [0.15, 0.2) is 0 Å². The number of urea groups is 1. The van der Waals surface area contributed by atoms with Gasteiger partial charge < -0.3 is 14.6 Å². The van der Waals surface area contributed by atoms with Crippen molar-refractivity contribution in [3.05, 3.63) is 64.1 Å². The van der Waals surface area contributed by atoms with Crippen LogP contribution in [0.5, 0.6) is 0 Å². The summed E-state index contributed by atoms with van der Waals surface area (Å²) in [6.45, 7) is 7.64. The van der Waals surface area contributed by atoms with Crippen LogP contribution >= 0.6 is 0 Å². The third kappa shape index (κ3) is 3.95. The number of nitrogens with zero attached hydrogens (tertiary/aromatic N) is 2. The SMILES string of the molecule is COCCn1c(C)cc(/C=C2/NC(=O)N(Cc3ccc(C)cc3)C2=O)c1C. The molecule has 1 aromatic heterocycles. The van der Waals surface area contributed by atoms with E-state index in [0.717, 1.165) is 34.6 Å². The lowest BCUT2D eigenvalue weighted by Gasteiger charge is -2.11. The van der Waals surface area contributed by atoms with E-state index in [-0.39, 0.29) is 18.5 Å². The Morgan fingerprint density at radius 2 is 1.81 bits per heavy atom. The Bertz CT molecular complexity index is 894. The Kier molecular flexibility index (Phi) is 5.46. The normalized spacial score (nSPS) is 15.7. The predicted octanol–water partition coefficient (Wildman–Crippen LogP) is 3.15. The van der Waals surface area contributed by atoms with Crippen LogP contribution in [0.25, 0.3) is 6.08 Å². The number of benzene rings is 1. The number of hydrogen-bond donors (Lipinski definition) is 1. The van der Waals surface area contributed by atoms with Crippen LogP contribution in [0.3, 0.4) is 0 Å². The van der Waals surface area contributed by atoms with Crippen LogP contribution in [0.1, 0.15) is 28.1 Å². The molecule has 142 valence electrons. The van der Waals surface area contributed by atoms with Gasteiger partial charge in [-0.3, -0.25) is 9.69 Å². The molecule has 2 aromatic rings. The summed E-state index contributed by atoms with van der Waals surface area (Å²) in [5.74, 6) is -0.303. The standard InChI is InChI=1S/C21H25N3O3/c1-14-5-7-17(8-6-14)13-24-20(25)19(22-21(24)26)12-18-11-15(2)23(16(18)3)9-10-27-4/h5-8,11-12H,9-10,13H2,1-4H3,(H,22,26)/b19-12+. The Morgan fingerprint density at radius 3 is 2.48 bits per heavy atom. The topological polar surface area (TPSA) is 63.6 Å². The van der Waals surface area contributed by atoms with Crippen molar-refractivity contribution in [2.24, 2.45) is 0 Å². The van der Waals surface area contributed by atoms with Gasteiger partial charge in [0, 0.05) is 25.0 Å². The first-order valence-corrected chi connectivity index (χ1v) is 8.96. The minimum Gasteiger partial charge on any atom is -0.383 e. The number of rotatable bonds is 6. The summed E-state index contributed by atoms with van der Waals surface area (Å²) in [5, 5.41) is 2.70. The van der Waals surface area contributed by atoms with Gasteiger partial charge in [0.05, 0.1) is 13.2 Å². The van der Waals surface area contributed by atoms with Crippen molar-refractivity contribution >= 4 is 18.0 Å². The number of imide groups is 1. The molecule has 0 aliphatic carbocycles. The van der Waals surface area contributed by atoms with Crippen molar-refractivity contribution < 1.29 is 14.3 Å². The molecule has 1 aliphatic rings. The molecule has 0 saturated carbocycles. The second kappa shape index (κ2) is 7.80. The van der Waals surface area contributed by atoms with Crippen molar-refractivity contribution in [2.45, 2.75) is 33.9 Å². The van der Waals surface area contributed by atoms with Crippen LogP contribution in [0, 0.1) is 20.8 Å². The highest BCUT2D eigenvalue weighted by Gasteiger charge is 2.33. The van der Waals surface area contributed by atoms with E-state index in [1.165, 1.54) is 4.90 Å². The molecule has 0 atom stereocenters. The molecule has 1 saturated heterocycles. The number of ether oxygens (including phenoxy) is 1. The largest absolute Gasteiger partial charge is 0.383 e. The zero-order valence-corrected chi connectivity index (χ0v) is 16.2. The average Bonchev–Trinajstić information content (AvgIpc) is 3.05. The minimum atomic E-state index is -0.389. The number of amides is 3. The molecule has 1 fully saturated rings. The van der Waals surface area contributed by atoms with Gasteiger partial charge in [-0.2, -0.15) is 0 Å². The molecule has 2 heterocycles. The number of carbonyl (C=O) groups is 2. The number of aromatic nitrogens is 1. The maximum Gasteiger partial charge on any atom is 0.329 e. The number of carbonyl (C=O) groups excluding carboxylic acids is 2. The van der Waals surface area contributed by atoms with Crippen LogP contribution in [0.4, 0.5) is 4.79 Å². The maximum atomic E-state index is 12.7. The summed E-state index contributed by atoms with van der Waals surface area (Å²) < 4.78 is 7.29. The maximum absolute atomic E-state index is 12.7. The van der Waals surface area contributed by atoms with Crippen molar-refractivity contribution in [3.63, 3.8) is 0 Å². The number of hydrogen-bond acceptors (Lipinski definition) is 3. The molecule has 1 aromatic carbocycles. The van der Waals surface area contributed by atoms with E-state index in [0.29, 0.717) is 12.3 Å². The van der Waals surface area contributed by atoms with Crippen LogP contribution in [-0.4, -0.2) is 35.1 Å². The monoisotopic (exact) mass is 367 g/mol. The third-order valence-corrected chi connectivity index (χ3v) is 4.86. The minimum absolute atomic E-state index is 0.259. The summed E-state index contributed by atoms with van der Waals surface area (Å²) in [5.41, 5.74) is 5.41. The molecular formula is C21H25N3O3. The average molecular weight is 367 g/mol. The molecule has 0 spiro atoms. The van der Waals surface area contributed by atoms with Crippen LogP contribution in [0.2, 0.25) is 0 Å². The van der Waals surface area contributed by atoms with Crippen LogP contribution in [0.15, 0.2) is 36.0 Å². The van der Waals surface area contributed by atoms with Crippen LogP contribution < -0.4 is 5.32 Å². The van der Waals surface area contributed by atoms with E-state index in [1.807, 2.05) is 51.1 Å². The van der Waals surface area contributed by atoms with Gasteiger partial charge in [-0.15, -0.1) is 0 Å². The summed E-state index contributed by atoms with van der Waals surface area (Å²) in [6, 6.07) is 9.43. The summed E-state index contributed by atoms with van der Waals surface area (Å²) >= 11 is 0. The van der Waals surface area contributed by atoms with Gasteiger partial charge in [-0.25, -0.2) is 4.79 Å². The first kappa shape index (κ1) is 18.9. The van der Waals surface area contributed by atoms with Gasteiger partial charge in [-0.05, 0) is 44.0 Å². The van der Waals surface area contributed by atoms with Crippen molar-refractivity contribution in [1.82, 2.24) is 14.8 Å². The lowest BCUT2D eigenvalue weighted by Crippen LogP contribution is -2.30. The van der Waals surface area contributed by atoms with Gasteiger partial charge in [0.2, 0.25) is 0 Å². The second-order valence-corrected chi connectivity index (χ2v) is 6.84. The highest BCUT2D eigenvalue weighted by molar-refractivity contribution is 6.13. The van der Waals surface area contributed by atoms with E-state index >= 15 is 0 Å². The molecule has 1 N–H and O–H groups in total. The van der Waals surface area contributed by atoms with E-state index in [2.05, 4.69) is 9.88 Å². The zero-order chi connectivity index (χ0) is 19.6. The number of aryl methyl sites for hydroxylation is 2. The van der Waals surface area contributed by atoms with Gasteiger partial charge >= 0.3 is 6.03 Å². The smallest absolute Gasteiger partial charge is 0.329 e. The van der Waals surface area contributed by atoms with Crippen molar-refractivity contribution in [2.75, 3.05) is 13.7 Å². The van der Waals surface area contributed by atoms with Gasteiger partial charge in [0.1, 0.15) is 5.70 Å². The molecule has 0 unspecified atom stereocenters. The highest BCUT2D eigenvalue weighted by Crippen LogP contribution is 2.21. The first-order chi connectivity index (χ1) is 12.9. The molecular weight excluding hydrogens is 342 g/mol. The number of nitrogens with one attached hydrogen (secondary N) is 1. The van der Waals surface area contributed by atoms with Gasteiger partial charge in [0.25, 0.3) is 5.91 Å². The fourth-order valence-corrected chi connectivity index (χ4v) is 3.25. The quantitative estimate of drug-likeness (QED) is 0.630. The lowest BCUT2D eigenvalue weighted by molar-refractivity contribution is -0.123. The summed E-state index contributed by atoms with van der Waals surface area (Å²) in [7, 11) is 1.67. The Hall–Kier alpha value is -2.86. The lowest BCUT2D eigenvalue weighted by atomic mass is 10.1. The molecule has 6 heteroatoms. The molecule has 6 nitrogen and oxygen atoms in total. The fraction of sp³-hybridized carbons (Fsp3) is 0.333. The zero-order valence-electron chi connectivity index (χ0n) is 16.2. The summed E-state index contributed by atoms with van der Waals surface area (Å²) in [4.78, 5) is 26.2. The third-order valence-electron chi connectivity index (χ3n) is 4.86. The molecule has 0 radical (unpaired) electrons. The number of methoxy groups -OCH3 is 1. The second-order valence-electron chi connectivity index (χ2n) is 6.84. The Morgan fingerprint density at radius 1 is 1.11 bits per heavy atom. The van der Waals surface area contributed by atoms with E-state index in [1.54, 1.807) is 13.2 Å². The van der Waals surface area contributed by atoms with Crippen LogP contribution in [-0.2, 0) is 22.6 Å². The van der Waals surface area contributed by atoms with E-state index in [4.69, 9.17) is 4.74 Å². The first-order valence-electron chi connectivity index (χ1n) is 8.96. The molecule has 0 bridgehead atoms. The molecule has 27 heavy (non-hydrogen) atoms. The fourth-order valence-electron chi connectivity index (χ4n) is 3.25. The van der Waals surface area contributed by atoms with Crippen molar-refractivity contribution in [3.8, 4) is 0 Å². The van der Waals surface area contributed by atoms with Gasteiger partial charge in [-0.1, -0.05) is 29.8 Å². The molecule has 1 aliphatic heterocycles. The predicted molar refractivity (Wildman–Crippen MR) is 104 cm³/mol. The molecule has 3 rings (SSSR count). The Balaban J connectivity index is 1.81. The highest BCUT2D eigenvalue weighted by atomic mass is 16.5. The summed E-state index contributed by atoms with van der Waals surface area (Å²) in [6.07, 6.45) is 1.75. The van der Waals surface area contributed by atoms with E-state index < -0.39 is 0 Å². The Labute approximate surface area is 159 Å². The van der Waals surface area contributed by atoms with E-state index in [9.17, 15) is 9.59 Å². The van der Waals surface area contributed by atoms with Crippen molar-refractivity contribution in [1.29, 1.82) is 0 Å².